The zero-order chi connectivity index (χ0) is 20.2. The fourth-order valence-electron chi connectivity index (χ4n) is 2.96. The lowest BCUT2D eigenvalue weighted by molar-refractivity contribution is 0.591. The number of halogens is 3. The van der Waals surface area contributed by atoms with Crippen molar-refractivity contribution in [3.8, 4) is 5.69 Å². The third-order valence-electron chi connectivity index (χ3n) is 4.34. The highest BCUT2D eigenvalue weighted by Crippen LogP contribution is 2.28. The molecular weight excluding hydrogens is 412 g/mol. The maximum Gasteiger partial charge on any atom is 0.196 e. The van der Waals surface area contributed by atoms with E-state index in [1.165, 1.54) is 17.8 Å². The molecule has 3 aromatic carbocycles. The quantitative estimate of drug-likeness (QED) is 0.349. The van der Waals surface area contributed by atoms with Gasteiger partial charge in [-0.1, -0.05) is 59.8 Å². The summed E-state index contributed by atoms with van der Waals surface area (Å²) in [6, 6.07) is 20.8. The predicted octanol–water partition coefficient (Wildman–Crippen LogP) is 6.08. The first-order valence-corrected chi connectivity index (χ1v) is 10.3. The Morgan fingerprint density at radius 3 is 2.52 bits per heavy atom. The Bertz CT molecular complexity index is 1130. The molecule has 4 rings (SSSR count). The van der Waals surface area contributed by atoms with Crippen LogP contribution >= 0.6 is 23.4 Å². The van der Waals surface area contributed by atoms with Crippen LogP contribution in [0.15, 0.2) is 78.0 Å². The maximum atomic E-state index is 14.0. The lowest BCUT2D eigenvalue weighted by Crippen LogP contribution is -2.04. The van der Waals surface area contributed by atoms with Crippen LogP contribution in [0.1, 0.15) is 17.0 Å². The molecule has 0 fully saturated rings. The molecule has 0 saturated heterocycles. The van der Waals surface area contributed by atoms with Crippen LogP contribution in [0.4, 0.5) is 8.78 Å². The first kappa shape index (κ1) is 19.6. The van der Waals surface area contributed by atoms with Crippen molar-refractivity contribution >= 4 is 23.4 Å². The van der Waals surface area contributed by atoms with Gasteiger partial charge in [0.1, 0.15) is 17.5 Å². The van der Waals surface area contributed by atoms with E-state index < -0.39 is 11.6 Å². The highest BCUT2D eigenvalue weighted by molar-refractivity contribution is 7.98. The van der Waals surface area contributed by atoms with Gasteiger partial charge in [0.15, 0.2) is 5.16 Å². The van der Waals surface area contributed by atoms with E-state index >= 15 is 0 Å². The second kappa shape index (κ2) is 8.76. The summed E-state index contributed by atoms with van der Waals surface area (Å²) >= 11 is 7.48. The fraction of sp³-hybridized carbons (Fsp3) is 0.0909. The summed E-state index contributed by atoms with van der Waals surface area (Å²) in [5.41, 5.74) is 2.19. The van der Waals surface area contributed by atoms with Crippen molar-refractivity contribution < 1.29 is 8.78 Å². The molecule has 0 radical (unpaired) electrons. The van der Waals surface area contributed by atoms with Crippen LogP contribution < -0.4 is 0 Å². The average molecular weight is 428 g/mol. The molecule has 0 N–H and O–H groups in total. The van der Waals surface area contributed by atoms with Gasteiger partial charge >= 0.3 is 0 Å². The second-order valence-corrected chi connectivity index (χ2v) is 7.78. The summed E-state index contributed by atoms with van der Waals surface area (Å²) in [6.07, 6.45) is 0.579. The van der Waals surface area contributed by atoms with Gasteiger partial charge in [0.05, 0.1) is 5.69 Å². The number of nitrogens with zero attached hydrogens (tertiary/aromatic N) is 3. The molecule has 1 aromatic heterocycles. The van der Waals surface area contributed by atoms with Crippen LogP contribution in [-0.4, -0.2) is 14.8 Å². The van der Waals surface area contributed by atoms with Crippen LogP contribution in [0.3, 0.4) is 0 Å². The highest BCUT2D eigenvalue weighted by Gasteiger charge is 2.16. The lowest BCUT2D eigenvalue weighted by Gasteiger charge is -2.11. The Hall–Kier alpha value is -2.70. The third-order valence-corrected chi connectivity index (χ3v) is 5.55. The molecule has 0 aliphatic carbocycles. The molecule has 146 valence electrons. The minimum absolute atomic E-state index is 0.230. The van der Waals surface area contributed by atoms with Crippen LogP contribution in [-0.2, 0) is 12.2 Å². The van der Waals surface area contributed by atoms with Gasteiger partial charge in [-0.2, -0.15) is 0 Å². The molecule has 7 heteroatoms. The number of aromatic nitrogens is 3. The Balaban J connectivity index is 1.68. The smallest absolute Gasteiger partial charge is 0.196 e. The summed E-state index contributed by atoms with van der Waals surface area (Å²) in [6.45, 7) is 0. The summed E-state index contributed by atoms with van der Waals surface area (Å²) < 4.78 is 29.4. The molecule has 0 spiro atoms. The molecular formula is C22H16ClF2N3S. The minimum Gasteiger partial charge on any atom is -0.274 e. The van der Waals surface area contributed by atoms with Crippen molar-refractivity contribution in [2.75, 3.05) is 0 Å². The third kappa shape index (κ3) is 4.66. The second-order valence-electron chi connectivity index (χ2n) is 6.40. The van der Waals surface area contributed by atoms with Crippen molar-refractivity contribution in [1.29, 1.82) is 0 Å². The minimum atomic E-state index is -0.469. The molecule has 1 heterocycles. The Morgan fingerprint density at radius 2 is 1.72 bits per heavy atom. The number of thioether (sulfide) groups is 1. The molecule has 0 amide bonds. The monoisotopic (exact) mass is 427 g/mol. The molecule has 0 aliphatic heterocycles. The van der Waals surface area contributed by atoms with Crippen LogP contribution in [0.2, 0.25) is 5.02 Å². The van der Waals surface area contributed by atoms with Gasteiger partial charge in [0.25, 0.3) is 0 Å². The topological polar surface area (TPSA) is 30.7 Å². The molecule has 0 atom stereocenters. The molecule has 0 unspecified atom stereocenters. The van der Waals surface area contributed by atoms with Gasteiger partial charge in [0.2, 0.25) is 0 Å². The summed E-state index contributed by atoms with van der Waals surface area (Å²) in [5, 5.41) is 9.83. The first-order chi connectivity index (χ1) is 14.1. The van der Waals surface area contributed by atoms with E-state index in [0.717, 1.165) is 29.2 Å². The Labute approximate surface area is 176 Å². The van der Waals surface area contributed by atoms with Gasteiger partial charge in [-0.05, 0) is 42.0 Å². The molecule has 4 aromatic rings. The van der Waals surface area contributed by atoms with E-state index in [2.05, 4.69) is 10.2 Å². The Kier molecular flexibility index (Phi) is 5.92. The maximum absolute atomic E-state index is 14.0. The summed E-state index contributed by atoms with van der Waals surface area (Å²) in [7, 11) is 0. The van der Waals surface area contributed by atoms with E-state index in [0.29, 0.717) is 16.6 Å². The van der Waals surface area contributed by atoms with Gasteiger partial charge in [-0.15, -0.1) is 10.2 Å². The summed E-state index contributed by atoms with van der Waals surface area (Å²) in [5.74, 6) is 0.0501. The number of rotatable bonds is 6. The van der Waals surface area contributed by atoms with Crippen molar-refractivity contribution in [1.82, 2.24) is 14.8 Å². The SMILES string of the molecule is Fc1ccc(F)c(CSc2nnc(Cc3ccccc3)n2-c2cccc(Cl)c2)c1. The molecule has 29 heavy (non-hydrogen) atoms. The fourth-order valence-corrected chi connectivity index (χ4v) is 4.09. The van der Waals surface area contributed by atoms with Crippen molar-refractivity contribution in [2.24, 2.45) is 0 Å². The van der Waals surface area contributed by atoms with E-state index in [1.807, 2.05) is 53.1 Å². The molecule has 0 bridgehead atoms. The van der Waals surface area contributed by atoms with E-state index in [4.69, 9.17) is 11.6 Å². The van der Waals surface area contributed by atoms with Gasteiger partial charge in [-0.3, -0.25) is 4.57 Å². The molecule has 0 saturated carbocycles. The van der Waals surface area contributed by atoms with Crippen molar-refractivity contribution in [2.45, 2.75) is 17.3 Å². The van der Waals surface area contributed by atoms with Crippen LogP contribution in [0, 0.1) is 11.6 Å². The molecule has 3 nitrogen and oxygen atoms in total. The first-order valence-electron chi connectivity index (χ1n) is 8.91. The Morgan fingerprint density at radius 1 is 0.897 bits per heavy atom. The van der Waals surface area contributed by atoms with Gasteiger partial charge < -0.3 is 0 Å². The summed E-state index contributed by atoms with van der Waals surface area (Å²) in [4.78, 5) is 0. The van der Waals surface area contributed by atoms with Crippen molar-refractivity contribution in [3.05, 3.63) is 106 Å². The molecule has 0 aliphatic rings. The largest absolute Gasteiger partial charge is 0.274 e. The van der Waals surface area contributed by atoms with E-state index in [9.17, 15) is 8.78 Å². The number of benzene rings is 3. The lowest BCUT2D eigenvalue weighted by atomic mass is 10.1. The van der Waals surface area contributed by atoms with Crippen LogP contribution in [0.25, 0.3) is 5.69 Å². The standard InChI is InChI=1S/C22H16ClF2N3S/c23-17-7-4-8-19(13-17)28-21(11-15-5-2-1-3-6-15)26-27-22(28)29-14-16-12-18(24)9-10-20(16)25/h1-10,12-13H,11,14H2. The number of hydrogen-bond acceptors (Lipinski definition) is 3. The zero-order valence-electron chi connectivity index (χ0n) is 15.2. The predicted molar refractivity (Wildman–Crippen MR) is 112 cm³/mol. The van der Waals surface area contributed by atoms with E-state index in [-0.39, 0.29) is 11.3 Å². The van der Waals surface area contributed by atoms with Gasteiger partial charge in [0, 0.05) is 22.8 Å². The average Bonchev–Trinajstić information content (AvgIpc) is 3.12. The zero-order valence-corrected chi connectivity index (χ0v) is 16.8. The van der Waals surface area contributed by atoms with Gasteiger partial charge in [-0.25, -0.2) is 8.78 Å². The van der Waals surface area contributed by atoms with Crippen molar-refractivity contribution in [3.63, 3.8) is 0 Å². The normalized spacial score (nSPS) is 11.0. The highest BCUT2D eigenvalue weighted by atomic mass is 35.5. The van der Waals surface area contributed by atoms with E-state index in [1.54, 1.807) is 6.07 Å². The number of hydrogen-bond donors (Lipinski definition) is 0. The van der Waals surface area contributed by atoms with Crippen LogP contribution in [0.5, 0.6) is 0 Å².